The summed E-state index contributed by atoms with van der Waals surface area (Å²) in [5.74, 6) is 1.22. The summed E-state index contributed by atoms with van der Waals surface area (Å²) in [6.07, 6.45) is 0.880. The number of carbonyl (C=O) groups excluding carboxylic acids is 1. The van der Waals surface area contributed by atoms with E-state index in [2.05, 4.69) is 45.6 Å². The van der Waals surface area contributed by atoms with Gasteiger partial charge in [-0.15, -0.1) is 0 Å². The minimum Gasteiger partial charge on any atom is -0.366 e. The first-order valence-electron chi connectivity index (χ1n) is 9.18. The van der Waals surface area contributed by atoms with E-state index in [1.807, 2.05) is 36.1 Å². The van der Waals surface area contributed by atoms with Gasteiger partial charge in [0.15, 0.2) is 0 Å². The number of hydrogen-bond donors (Lipinski definition) is 1. The number of benzene rings is 2. The van der Waals surface area contributed by atoms with Gasteiger partial charge in [0.2, 0.25) is 0 Å². The molecule has 1 aliphatic heterocycles. The second kappa shape index (κ2) is 7.58. The molecule has 0 saturated heterocycles. The molecule has 1 aromatic heterocycles. The fourth-order valence-corrected chi connectivity index (χ4v) is 3.39. The van der Waals surface area contributed by atoms with Crippen molar-refractivity contribution in [2.75, 3.05) is 11.9 Å². The quantitative estimate of drug-likeness (QED) is 0.774. The predicted octanol–water partition coefficient (Wildman–Crippen LogP) is 3.60. The highest BCUT2D eigenvalue weighted by atomic mass is 16.2. The number of amides is 1. The van der Waals surface area contributed by atoms with Crippen LogP contribution in [0, 0.1) is 6.92 Å². The lowest BCUT2D eigenvalue weighted by molar-refractivity contribution is 0.0728. The Morgan fingerprint density at radius 1 is 1.04 bits per heavy atom. The summed E-state index contributed by atoms with van der Waals surface area (Å²) in [4.78, 5) is 23.7. The molecule has 1 N–H and O–H groups in total. The zero-order valence-electron chi connectivity index (χ0n) is 15.4. The van der Waals surface area contributed by atoms with Crippen LogP contribution in [0.25, 0.3) is 0 Å². The number of aromatic nitrogens is 2. The van der Waals surface area contributed by atoms with Crippen LogP contribution in [0.15, 0.2) is 60.7 Å². The SMILES string of the molecule is Cc1nc(NCc2ccccc2)cc(C(=O)N2CCc3ccccc3C2)n1. The van der Waals surface area contributed by atoms with E-state index in [0.29, 0.717) is 37.0 Å². The Bertz CT molecular complexity index is 956. The van der Waals surface area contributed by atoms with Crippen LogP contribution in [0.5, 0.6) is 0 Å². The third-order valence-electron chi connectivity index (χ3n) is 4.79. The summed E-state index contributed by atoms with van der Waals surface area (Å²) in [5, 5.41) is 3.29. The maximum Gasteiger partial charge on any atom is 0.272 e. The van der Waals surface area contributed by atoms with Crippen molar-refractivity contribution >= 4 is 11.7 Å². The van der Waals surface area contributed by atoms with Gasteiger partial charge in [-0.2, -0.15) is 0 Å². The van der Waals surface area contributed by atoms with Crippen molar-refractivity contribution in [2.24, 2.45) is 0 Å². The topological polar surface area (TPSA) is 58.1 Å². The van der Waals surface area contributed by atoms with Crippen molar-refractivity contribution in [1.82, 2.24) is 14.9 Å². The summed E-state index contributed by atoms with van der Waals surface area (Å²) in [5.41, 5.74) is 4.14. The molecule has 0 fully saturated rings. The maximum atomic E-state index is 13.0. The van der Waals surface area contributed by atoms with Gasteiger partial charge < -0.3 is 10.2 Å². The number of rotatable bonds is 4. The fourth-order valence-electron chi connectivity index (χ4n) is 3.39. The van der Waals surface area contributed by atoms with E-state index >= 15 is 0 Å². The molecule has 27 heavy (non-hydrogen) atoms. The van der Waals surface area contributed by atoms with E-state index in [4.69, 9.17) is 0 Å². The molecule has 5 heteroatoms. The molecule has 0 aliphatic carbocycles. The van der Waals surface area contributed by atoms with E-state index < -0.39 is 0 Å². The molecular formula is C22H22N4O. The van der Waals surface area contributed by atoms with Gasteiger partial charge in [0, 0.05) is 25.7 Å². The van der Waals surface area contributed by atoms with Crippen LogP contribution in [0.2, 0.25) is 0 Å². The van der Waals surface area contributed by atoms with Crippen LogP contribution in [0.4, 0.5) is 5.82 Å². The summed E-state index contributed by atoms with van der Waals surface area (Å²) in [6.45, 7) is 3.81. The molecule has 0 saturated carbocycles. The van der Waals surface area contributed by atoms with E-state index in [0.717, 1.165) is 12.0 Å². The first kappa shape index (κ1) is 17.2. The van der Waals surface area contributed by atoms with Crippen LogP contribution in [-0.2, 0) is 19.5 Å². The van der Waals surface area contributed by atoms with Crippen molar-refractivity contribution in [3.05, 3.63) is 88.9 Å². The molecule has 0 unspecified atom stereocenters. The van der Waals surface area contributed by atoms with Crippen molar-refractivity contribution < 1.29 is 4.79 Å². The lowest BCUT2D eigenvalue weighted by Gasteiger charge is -2.28. The highest BCUT2D eigenvalue weighted by Crippen LogP contribution is 2.20. The summed E-state index contributed by atoms with van der Waals surface area (Å²) in [6, 6.07) is 20.2. The standard InChI is InChI=1S/C22H22N4O/c1-16-24-20(13-21(25-16)23-14-17-7-3-2-4-8-17)22(27)26-12-11-18-9-5-6-10-19(18)15-26/h2-10,13H,11-12,14-15H2,1H3,(H,23,24,25). The van der Waals surface area contributed by atoms with Gasteiger partial charge >= 0.3 is 0 Å². The number of hydrogen-bond acceptors (Lipinski definition) is 4. The molecule has 2 heterocycles. The van der Waals surface area contributed by atoms with E-state index in [-0.39, 0.29) is 5.91 Å². The van der Waals surface area contributed by atoms with Gasteiger partial charge in [-0.1, -0.05) is 54.6 Å². The van der Waals surface area contributed by atoms with Crippen LogP contribution in [0.1, 0.15) is 33.0 Å². The molecule has 1 amide bonds. The Balaban J connectivity index is 1.50. The molecule has 0 atom stereocenters. The maximum absolute atomic E-state index is 13.0. The average Bonchev–Trinajstić information content (AvgIpc) is 2.72. The third-order valence-corrected chi connectivity index (χ3v) is 4.79. The Hall–Kier alpha value is -3.21. The van der Waals surface area contributed by atoms with Gasteiger partial charge in [-0.3, -0.25) is 4.79 Å². The molecule has 0 spiro atoms. The Morgan fingerprint density at radius 3 is 2.59 bits per heavy atom. The number of fused-ring (bicyclic) bond motifs is 1. The lowest BCUT2D eigenvalue weighted by Crippen LogP contribution is -2.36. The van der Waals surface area contributed by atoms with Gasteiger partial charge in [-0.25, -0.2) is 9.97 Å². The average molecular weight is 358 g/mol. The zero-order chi connectivity index (χ0) is 18.6. The fraction of sp³-hybridized carbons (Fsp3) is 0.227. The monoisotopic (exact) mass is 358 g/mol. The van der Waals surface area contributed by atoms with Crippen LogP contribution in [-0.4, -0.2) is 27.3 Å². The van der Waals surface area contributed by atoms with Gasteiger partial charge in [-0.05, 0) is 30.0 Å². The van der Waals surface area contributed by atoms with E-state index in [9.17, 15) is 4.79 Å². The molecule has 5 nitrogen and oxygen atoms in total. The molecule has 4 rings (SSSR count). The number of nitrogens with zero attached hydrogens (tertiary/aromatic N) is 3. The third kappa shape index (κ3) is 3.97. The largest absolute Gasteiger partial charge is 0.366 e. The van der Waals surface area contributed by atoms with Gasteiger partial charge in [0.05, 0.1) is 0 Å². The molecule has 3 aromatic rings. The highest BCUT2D eigenvalue weighted by molar-refractivity contribution is 5.93. The molecule has 1 aliphatic rings. The van der Waals surface area contributed by atoms with Crippen molar-refractivity contribution in [2.45, 2.75) is 26.4 Å². The van der Waals surface area contributed by atoms with Crippen LogP contribution >= 0.6 is 0 Å². The number of nitrogens with one attached hydrogen (secondary N) is 1. The Kier molecular flexibility index (Phi) is 4.83. The summed E-state index contributed by atoms with van der Waals surface area (Å²) in [7, 11) is 0. The Morgan fingerprint density at radius 2 is 1.78 bits per heavy atom. The normalized spacial score (nSPS) is 13.1. The van der Waals surface area contributed by atoms with Crippen molar-refractivity contribution in [1.29, 1.82) is 0 Å². The van der Waals surface area contributed by atoms with Crippen molar-refractivity contribution in [3.8, 4) is 0 Å². The summed E-state index contributed by atoms with van der Waals surface area (Å²) >= 11 is 0. The minimum atomic E-state index is -0.0437. The first-order valence-corrected chi connectivity index (χ1v) is 9.18. The number of aryl methyl sites for hydroxylation is 1. The molecule has 136 valence electrons. The van der Waals surface area contributed by atoms with E-state index in [1.165, 1.54) is 11.1 Å². The van der Waals surface area contributed by atoms with E-state index in [1.54, 1.807) is 6.07 Å². The molecule has 0 radical (unpaired) electrons. The predicted molar refractivity (Wildman–Crippen MR) is 105 cm³/mol. The highest BCUT2D eigenvalue weighted by Gasteiger charge is 2.23. The Labute approximate surface area is 159 Å². The molecule has 0 bridgehead atoms. The van der Waals surface area contributed by atoms with Crippen LogP contribution < -0.4 is 5.32 Å². The second-order valence-electron chi connectivity index (χ2n) is 6.77. The summed E-state index contributed by atoms with van der Waals surface area (Å²) < 4.78 is 0. The van der Waals surface area contributed by atoms with Gasteiger partial charge in [0.25, 0.3) is 5.91 Å². The van der Waals surface area contributed by atoms with Crippen molar-refractivity contribution in [3.63, 3.8) is 0 Å². The lowest BCUT2D eigenvalue weighted by atomic mass is 10.00. The minimum absolute atomic E-state index is 0.0437. The molecular weight excluding hydrogens is 336 g/mol. The first-order chi connectivity index (χ1) is 13.2. The molecule has 2 aromatic carbocycles. The zero-order valence-corrected chi connectivity index (χ0v) is 15.4. The van der Waals surface area contributed by atoms with Gasteiger partial charge in [0.1, 0.15) is 17.3 Å². The van der Waals surface area contributed by atoms with Crippen LogP contribution in [0.3, 0.4) is 0 Å². The smallest absolute Gasteiger partial charge is 0.272 e. The number of carbonyl (C=O) groups is 1. The number of anilines is 1. The second-order valence-corrected chi connectivity index (χ2v) is 6.77.